The number of sulfonamides is 1. The minimum Gasteiger partial charge on any atom is -0.368 e. The summed E-state index contributed by atoms with van der Waals surface area (Å²) in [6.45, 7) is 0.569. The summed E-state index contributed by atoms with van der Waals surface area (Å²) >= 11 is 0. The SMILES string of the molecule is Nc1ncc2c(n1)CN(S(=O)(=O)c1cccc3cccnc13)CC2. The largest absolute Gasteiger partial charge is 0.368 e. The molecule has 0 saturated heterocycles. The fraction of sp³-hybridized carbons (Fsp3) is 0.188. The van der Waals surface area contributed by atoms with Gasteiger partial charge in [0.25, 0.3) is 0 Å². The molecule has 0 fully saturated rings. The van der Waals surface area contributed by atoms with Crippen LogP contribution >= 0.6 is 0 Å². The number of anilines is 1. The lowest BCUT2D eigenvalue weighted by atomic mass is 10.1. The van der Waals surface area contributed by atoms with Crippen molar-refractivity contribution in [2.75, 3.05) is 12.3 Å². The maximum Gasteiger partial charge on any atom is 0.245 e. The van der Waals surface area contributed by atoms with Gasteiger partial charge in [0.15, 0.2) is 0 Å². The first-order chi connectivity index (χ1) is 11.6. The number of fused-ring (bicyclic) bond motifs is 2. The number of hydrogen-bond donors (Lipinski definition) is 1. The second kappa shape index (κ2) is 5.50. The maximum atomic E-state index is 13.1. The average Bonchev–Trinajstić information content (AvgIpc) is 2.60. The third-order valence-electron chi connectivity index (χ3n) is 4.14. The molecule has 1 aromatic carbocycles. The molecular formula is C16H15N5O2S. The van der Waals surface area contributed by atoms with Crippen molar-refractivity contribution in [1.29, 1.82) is 0 Å². The van der Waals surface area contributed by atoms with Crippen molar-refractivity contribution in [3.05, 3.63) is 54.0 Å². The van der Waals surface area contributed by atoms with E-state index in [-0.39, 0.29) is 17.4 Å². The van der Waals surface area contributed by atoms with Crippen molar-refractivity contribution in [1.82, 2.24) is 19.3 Å². The van der Waals surface area contributed by atoms with E-state index in [0.29, 0.717) is 24.2 Å². The summed E-state index contributed by atoms with van der Waals surface area (Å²) in [6, 6.07) is 8.81. The molecule has 0 saturated carbocycles. The topological polar surface area (TPSA) is 102 Å². The number of hydrogen-bond acceptors (Lipinski definition) is 6. The number of aromatic nitrogens is 3. The highest BCUT2D eigenvalue weighted by molar-refractivity contribution is 7.89. The van der Waals surface area contributed by atoms with Crippen LogP contribution in [-0.4, -0.2) is 34.2 Å². The van der Waals surface area contributed by atoms with Crippen LogP contribution < -0.4 is 5.73 Å². The summed E-state index contributed by atoms with van der Waals surface area (Å²) in [4.78, 5) is 12.6. The molecule has 0 amide bonds. The zero-order chi connectivity index (χ0) is 16.7. The van der Waals surface area contributed by atoms with Gasteiger partial charge in [0, 0.05) is 24.3 Å². The molecule has 0 bridgehead atoms. The van der Waals surface area contributed by atoms with Gasteiger partial charge < -0.3 is 5.73 Å². The molecule has 0 aliphatic carbocycles. The van der Waals surface area contributed by atoms with Crippen LogP contribution in [0, 0.1) is 0 Å². The second-order valence-corrected chi connectivity index (χ2v) is 7.53. The number of nitrogens with zero attached hydrogens (tertiary/aromatic N) is 4. The molecule has 7 nitrogen and oxygen atoms in total. The number of para-hydroxylation sites is 1. The first-order valence-corrected chi connectivity index (χ1v) is 8.94. The molecule has 4 rings (SSSR count). The molecule has 2 N–H and O–H groups in total. The lowest BCUT2D eigenvalue weighted by Crippen LogP contribution is -2.36. The van der Waals surface area contributed by atoms with Gasteiger partial charge in [-0.1, -0.05) is 18.2 Å². The van der Waals surface area contributed by atoms with Gasteiger partial charge in [-0.3, -0.25) is 4.98 Å². The van der Waals surface area contributed by atoms with E-state index in [0.717, 1.165) is 10.9 Å². The fourth-order valence-electron chi connectivity index (χ4n) is 2.92. The lowest BCUT2D eigenvalue weighted by Gasteiger charge is -2.27. The van der Waals surface area contributed by atoms with E-state index in [1.165, 1.54) is 4.31 Å². The summed E-state index contributed by atoms with van der Waals surface area (Å²) in [5, 5.41) is 0.794. The van der Waals surface area contributed by atoms with Crippen LogP contribution in [0.15, 0.2) is 47.6 Å². The van der Waals surface area contributed by atoms with E-state index in [4.69, 9.17) is 5.73 Å². The summed E-state index contributed by atoms with van der Waals surface area (Å²) in [5.74, 6) is 0.153. The number of pyridine rings is 1. The quantitative estimate of drug-likeness (QED) is 0.755. The van der Waals surface area contributed by atoms with Gasteiger partial charge in [-0.05, 0) is 24.1 Å². The molecule has 3 aromatic rings. The molecule has 0 unspecified atom stereocenters. The Morgan fingerprint density at radius 2 is 1.96 bits per heavy atom. The zero-order valence-electron chi connectivity index (χ0n) is 12.8. The Hall–Kier alpha value is -2.58. The molecule has 1 aliphatic heterocycles. The van der Waals surface area contributed by atoms with Crippen molar-refractivity contribution in [3.8, 4) is 0 Å². The maximum absolute atomic E-state index is 13.1. The van der Waals surface area contributed by atoms with E-state index < -0.39 is 10.0 Å². The van der Waals surface area contributed by atoms with E-state index >= 15 is 0 Å². The average molecular weight is 341 g/mol. The minimum atomic E-state index is -3.67. The Labute approximate surface area is 139 Å². The number of benzene rings is 1. The van der Waals surface area contributed by atoms with Crippen LogP contribution in [0.4, 0.5) is 5.95 Å². The number of nitrogens with two attached hydrogens (primary N) is 1. The third kappa shape index (κ3) is 2.40. The summed E-state index contributed by atoms with van der Waals surface area (Å²) < 4.78 is 27.6. The predicted molar refractivity (Wildman–Crippen MR) is 89.5 cm³/mol. The monoisotopic (exact) mass is 341 g/mol. The molecule has 122 valence electrons. The van der Waals surface area contributed by atoms with Gasteiger partial charge in [-0.15, -0.1) is 0 Å². The zero-order valence-corrected chi connectivity index (χ0v) is 13.6. The van der Waals surface area contributed by atoms with Crippen molar-refractivity contribution in [2.45, 2.75) is 17.9 Å². The van der Waals surface area contributed by atoms with E-state index in [1.54, 1.807) is 30.6 Å². The molecule has 24 heavy (non-hydrogen) atoms. The summed E-state index contributed by atoms with van der Waals surface area (Å²) in [6.07, 6.45) is 3.83. The normalized spacial score (nSPS) is 15.3. The van der Waals surface area contributed by atoms with E-state index in [2.05, 4.69) is 15.0 Å². The van der Waals surface area contributed by atoms with Crippen LogP contribution in [0.2, 0.25) is 0 Å². The highest BCUT2D eigenvalue weighted by Gasteiger charge is 2.30. The smallest absolute Gasteiger partial charge is 0.245 e. The van der Waals surface area contributed by atoms with Gasteiger partial charge in [0.2, 0.25) is 16.0 Å². The third-order valence-corrected chi connectivity index (χ3v) is 6.02. The lowest BCUT2D eigenvalue weighted by molar-refractivity contribution is 0.385. The van der Waals surface area contributed by atoms with Gasteiger partial charge in [-0.25, -0.2) is 18.4 Å². The second-order valence-electron chi connectivity index (χ2n) is 5.62. The van der Waals surface area contributed by atoms with Crippen LogP contribution in [0.3, 0.4) is 0 Å². The molecule has 1 aliphatic rings. The van der Waals surface area contributed by atoms with Crippen LogP contribution in [-0.2, 0) is 23.0 Å². The molecular weight excluding hydrogens is 326 g/mol. The number of nitrogen functional groups attached to an aromatic ring is 1. The first kappa shape index (κ1) is 15.0. The van der Waals surface area contributed by atoms with E-state index in [9.17, 15) is 8.42 Å². The van der Waals surface area contributed by atoms with E-state index in [1.807, 2.05) is 12.1 Å². The van der Waals surface area contributed by atoms with Gasteiger partial charge in [0.05, 0.1) is 17.8 Å². The highest BCUT2D eigenvalue weighted by atomic mass is 32.2. The molecule has 0 spiro atoms. The van der Waals surface area contributed by atoms with Crippen LogP contribution in [0.1, 0.15) is 11.3 Å². The summed E-state index contributed by atoms with van der Waals surface area (Å²) in [5.41, 5.74) is 7.70. The highest BCUT2D eigenvalue weighted by Crippen LogP contribution is 2.27. The molecule has 0 atom stereocenters. The minimum absolute atomic E-state index is 0.153. The van der Waals surface area contributed by atoms with Crippen molar-refractivity contribution in [2.24, 2.45) is 0 Å². The molecule has 3 heterocycles. The van der Waals surface area contributed by atoms with Crippen LogP contribution in [0.25, 0.3) is 10.9 Å². The van der Waals surface area contributed by atoms with Crippen molar-refractivity contribution in [3.63, 3.8) is 0 Å². The summed E-state index contributed by atoms with van der Waals surface area (Å²) in [7, 11) is -3.67. The van der Waals surface area contributed by atoms with Crippen molar-refractivity contribution >= 4 is 26.9 Å². The Kier molecular flexibility index (Phi) is 3.43. The molecule has 8 heteroatoms. The number of rotatable bonds is 2. The molecule has 2 aromatic heterocycles. The van der Waals surface area contributed by atoms with Gasteiger partial charge in [-0.2, -0.15) is 4.31 Å². The Morgan fingerprint density at radius 3 is 2.83 bits per heavy atom. The Balaban J connectivity index is 1.78. The van der Waals surface area contributed by atoms with Gasteiger partial charge in [0.1, 0.15) is 4.90 Å². The van der Waals surface area contributed by atoms with Crippen LogP contribution in [0.5, 0.6) is 0 Å². The first-order valence-electron chi connectivity index (χ1n) is 7.50. The standard InChI is InChI=1S/C16H15N5O2S/c17-16-19-9-12-6-8-21(10-13(12)20-16)24(22,23)14-5-1-3-11-4-2-7-18-15(11)14/h1-5,7,9H,6,8,10H2,(H2,17,19,20). The molecule has 0 radical (unpaired) electrons. The van der Waals surface area contributed by atoms with Crippen molar-refractivity contribution < 1.29 is 8.42 Å². The predicted octanol–water partition coefficient (Wildman–Crippen LogP) is 1.35. The fourth-order valence-corrected chi connectivity index (χ4v) is 4.49. The van der Waals surface area contributed by atoms with Gasteiger partial charge >= 0.3 is 0 Å². The Morgan fingerprint density at radius 1 is 1.12 bits per heavy atom. The Bertz CT molecular complexity index is 1030.